The first-order chi connectivity index (χ1) is 5.79. The molecule has 0 radical (unpaired) electrons. The Bertz CT molecular complexity index is 90.3. The molecule has 8 heteroatoms. The molecule has 0 aromatic heterocycles. The van der Waals surface area contributed by atoms with E-state index in [4.69, 9.17) is 29.5 Å². The largest absolute Gasteiger partial charge is 0.820 e. The van der Waals surface area contributed by atoms with Gasteiger partial charge in [-0.05, 0) is 0 Å². The summed E-state index contributed by atoms with van der Waals surface area (Å²) in [5.41, 5.74) is 0. The Labute approximate surface area is 94.3 Å². The molecule has 0 atom stereocenters. The monoisotopic (exact) mass is 283 g/mol. The van der Waals surface area contributed by atoms with Gasteiger partial charge in [0.25, 0.3) is 0 Å². The molecule has 13 heavy (non-hydrogen) atoms. The number of hydrogen-bond acceptors (Lipinski definition) is 4. The molecule has 0 saturated heterocycles. The molecule has 0 unspecified atom stereocenters. The molecule has 0 heterocycles. The van der Waals surface area contributed by atoms with E-state index in [1.54, 1.807) is 0 Å². The second-order valence-electron chi connectivity index (χ2n) is 2.98. The standard InChI is InChI=1S/C5H14NO.ClH.HO3P.Zn/c1-6(2,3)4-5-7;;1-4(2)3;/h7H,4-5H2,1-3H3;1H;1H;/q+1;;-2;+2/p-1. The van der Waals surface area contributed by atoms with E-state index >= 15 is 0 Å². The number of rotatable bonds is 2. The first-order valence-corrected chi connectivity index (χ1v) is 8.34. The Morgan fingerprint density at radius 1 is 1.31 bits per heavy atom. The molecule has 0 aromatic carbocycles. The third kappa shape index (κ3) is 61.7. The van der Waals surface area contributed by atoms with Crippen molar-refractivity contribution >= 4 is 18.3 Å². The molecule has 0 saturated carbocycles. The van der Waals surface area contributed by atoms with Gasteiger partial charge in [0.05, 0.1) is 27.7 Å². The Morgan fingerprint density at radius 3 is 1.54 bits per heavy atom. The summed E-state index contributed by atoms with van der Waals surface area (Å²) in [5, 5.41) is 8.39. The molecular weight excluding hydrogens is 270 g/mol. The van der Waals surface area contributed by atoms with Crippen molar-refractivity contribution < 1.29 is 41.6 Å². The fraction of sp³-hybridized carbons (Fsp3) is 1.00. The smallest absolute Gasteiger partial charge is 0.165 e. The summed E-state index contributed by atoms with van der Waals surface area (Å²) in [5.74, 6) is 0. The van der Waals surface area contributed by atoms with Gasteiger partial charge in [0.15, 0.2) is 0 Å². The van der Waals surface area contributed by atoms with Crippen molar-refractivity contribution in [3.8, 4) is 0 Å². The maximum atomic E-state index is 8.59. The molecule has 2 N–H and O–H groups in total. The van der Waals surface area contributed by atoms with Gasteiger partial charge in [-0.25, -0.2) is 0 Å². The molecule has 0 aliphatic heterocycles. The molecule has 0 bridgehead atoms. The van der Waals surface area contributed by atoms with Crippen LogP contribution in [-0.2, 0) is 17.3 Å². The van der Waals surface area contributed by atoms with E-state index in [2.05, 4.69) is 21.1 Å². The minimum Gasteiger partial charge on any atom is -0.820 e. The van der Waals surface area contributed by atoms with Gasteiger partial charge >= 0.3 is 27.0 Å². The van der Waals surface area contributed by atoms with Crippen LogP contribution < -0.4 is 9.79 Å². The average Bonchev–Trinajstić information content (AvgIpc) is 1.87. The zero-order valence-electron chi connectivity index (χ0n) is 8.10. The van der Waals surface area contributed by atoms with Crippen LogP contribution in [0, 0.1) is 0 Å². The molecule has 0 aliphatic carbocycles. The van der Waals surface area contributed by atoms with E-state index in [1.807, 2.05) is 0 Å². The van der Waals surface area contributed by atoms with Crippen LogP contribution in [0.5, 0.6) is 0 Å². The molecule has 0 aromatic rings. The fourth-order valence-electron chi connectivity index (χ4n) is 0.300. The Morgan fingerprint density at radius 2 is 1.54 bits per heavy atom. The summed E-state index contributed by atoms with van der Waals surface area (Å²) in [6.45, 7) is 1.11. The predicted octanol–water partition coefficient (Wildman–Crippen LogP) is -1.70. The van der Waals surface area contributed by atoms with Gasteiger partial charge in [-0.1, -0.05) is 0 Å². The molecule has 0 amide bonds. The van der Waals surface area contributed by atoms with Crippen molar-refractivity contribution in [1.29, 1.82) is 0 Å². The summed E-state index contributed by atoms with van der Waals surface area (Å²) in [6, 6.07) is 0. The van der Waals surface area contributed by atoms with Crippen molar-refractivity contribution in [3.63, 3.8) is 0 Å². The zero-order chi connectivity index (χ0) is 11.5. The molecular formula is C5H15ClNO4PZn. The first kappa shape index (κ1) is 19.7. The summed E-state index contributed by atoms with van der Waals surface area (Å²) in [4.78, 5) is 24.2. The number of hydrogen-bond donors (Lipinski definition) is 2. The van der Waals surface area contributed by atoms with Crippen LogP contribution in [-0.4, -0.2) is 48.8 Å². The van der Waals surface area contributed by atoms with Crippen molar-refractivity contribution in [3.05, 3.63) is 0 Å². The van der Waals surface area contributed by atoms with Crippen LogP contribution in [0.2, 0.25) is 0 Å². The van der Waals surface area contributed by atoms with Crippen LogP contribution in [0.1, 0.15) is 0 Å². The fourth-order valence-corrected chi connectivity index (χ4v) is 0.300. The van der Waals surface area contributed by atoms with Gasteiger partial charge in [0, 0.05) is 0 Å². The second kappa shape index (κ2) is 13.1. The first-order valence-electron chi connectivity index (χ1n) is 3.31. The van der Waals surface area contributed by atoms with Crippen molar-refractivity contribution in [1.82, 2.24) is 0 Å². The molecule has 78 valence electrons. The minimum atomic E-state index is -3.12. The Balaban J connectivity index is -0.000000142. The van der Waals surface area contributed by atoms with Crippen LogP contribution in [0.3, 0.4) is 0 Å². The van der Waals surface area contributed by atoms with E-state index in [1.165, 1.54) is 0 Å². The third-order valence-corrected chi connectivity index (χ3v) is 0.771. The van der Waals surface area contributed by atoms with Crippen molar-refractivity contribution in [2.75, 3.05) is 34.3 Å². The topological polar surface area (TPSA) is 86.6 Å². The Hall–Kier alpha value is 1.14. The van der Waals surface area contributed by atoms with E-state index in [0.717, 1.165) is 28.3 Å². The summed E-state index contributed by atoms with van der Waals surface area (Å²) in [7, 11) is 7.80. The number of aliphatic hydroxyl groups excluding tert-OH is 1. The molecule has 0 rings (SSSR count). The van der Waals surface area contributed by atoms with Crippen molar-refractivity contribution in [2.45, 2.75) is 0 Å². The van der Waals surface area contributed by atoms with E-state index in [9.17, 15) is 0 Å². The van der Waals surface area contributed by atoms with E-state index in [-0.39, 0.29) is 6.61 Å². The average molecular weight is 285 g/mol. The molecule has 0 fully saturated rings. The summed E-state index contributed by atoms with van der Waals surface area (Å²) < 4.78 is 0.844. The molecule has 0 spiro atoms. The number of aliphatic hydroxyl groups is 1. The van der Waals surface area contributed by atoms with Gasteiger partial charge in [-0.15, -0.1) is 0 Å². The maximum Gasteiger partial charge on any atom is -0.165 e. The predicted molar refractivity (Wildman–Crippen MR) is 45.0 cm³/mol. The summed E-state index contributed by atoms with van der Waals surface area (Å²) in [6.07, 6.45) is 0. The minimum absolute atomic E-state index is 0.281. The zero-order valence-corrected chi connectivity index (χ0v) is 12.7. The molecule has 0 aliphatic rings. The van der Waals surface area contributed by atoms with Gasteiger partial charge in [-0.2, -0.15) is 8.60 Å². The third-order valence-electron chi connectivity index (χ3n) is 0.771. The molecule has 5 nitrogen and oxygen atoms in total. The SMILES string of the molecule is C[N+](C)(C)CCO.[Cl][Zn+].[O-]P([O-])O. The normalized spacial score (nSPS) is 9.77. The number of nitrogens with zero attached hydrogens (tertiary/aromatic N) is 1. The van der Waals surface area contributed by atoms with Gasteiger partial charge in [0.1, 0.15) is 6.54 Å². The van der Waals surface area contributed by atoms with Crippen LogP contribution >= 0.6 is 18.3 Å². The van der Waals surface area contributed by atoms with Gasteiger partial charge in [0.2, 0.25) is 0 Å². The van der Waals surface area contributed by atoms with Crippen molar-refractivity contribution in [2.24, 2.45) is 0 Å². The van der Waals surface area contributed by atoms with E-state index in [0.29, 0.717) is 0 Å². The quantitative estimate of drug-likeness (QED) is 0.359. The van der Waals surface area contributed by atoms with Gasteiger partial charge < -0.3 is 24.3 Å². The van der Waals surface area contributed by atoms with E-state index < -0.39 is 8.60 Å². The second-order valence-corrected chi connectivity index (χ2v) is 3.45. The number of halogens is 1. The van der Waals surface area contributed by atoms with Crippen LogP contribution in [0.15, 0.2) is 0 Å². The maximum absolute atomic E-state index is 8.59. The summed E-state index contributed by atoms with van der Waals surface area (Å²) >= 11 is 0.847. The number of likely N-dealkylation sites (N-methyl/N-ethyl adjacent to an activating group) is 1. The Kier molecular flexibility index (Phi) is 19.9. The van der Waals surface area contributed by atoms with Crippen LogP contribution in [0.4, 0.5) is 0 Å². The number of quaternary nitrogens is 1. The van der Waals surface area contributed by atoms with Crippen LogP contribution in [0.25, 0.3) is 0 Å². The van der Waals surface area contributed by atoms with Gasteiger partial charge in [-0.3, -0.25) is 0 Å².